The van der Waals surface area contributed by atoms with Crippen molar-refractivity contribution >= 4 is 59.1 Å². The van der Waals surface area contributed by atoms with E-state index in [4.69, 9.17) is 50.9 Å². The maximum Gasteiger partial charge on any atom is 1.00 e. The number of oxazole rings is 6. The number of nitrogens with zero attached hydrogens (tertiary/aromatic N) is 6. The van der Waals surface area contributed by atoms with E-state index in [0.29, 0.717) is 56.9 Å². The number of ether oxygens (including phenoxy) is 2. The van der Waals surface area contributed by atoms with Crippen LogP contribution in [0.1, 0.15) is 188 Å². The SMILES string of the molecule is Brc1nc(-c2ccccc2)co1.C.C.CCc1cccc(CC)c1-c1nc(-c2ccccc2)c(Br)o1.CCc1cccc(CC)c1-c1nc(-c2ccccc2)c(C=O)o1.CCc1cccc(CC)c1-c1nc(-c2ccccc2)c(CO)o1.CCc1cccc(CC)c1-c1nc(-c2ccccc2)co1.CCc1cccc(CC)c1B(O)O.[B].[H-].[Na+].c1cc2c(cc1C1CCCCN1)OCO2.c1ccc(-c2cocn2)cc1. The predicted octanol–water partition coefficient (Wildman–Crippen LogP) is 26.8. The molecule has 24 heteroatoms. The van der Waals surface area contributed by atoms with Crippen LogP contribution < -0.4 is 49.8 Å². The molecule has 1 saturated heterocycles. The molecule has 0 bridgehead atoms. The summed E-state index contributed by atoms with van der Waals surface area (Å²) < 4.78 is 44.7. The number of piperidine rings is 1. The van der Waals surface area contributed by atoms with E-state index in [2.05, 4.69) is 192 Å². The Morgan fingerprint density at radius 3 is 1.15 bits per heavy atom. The maximum absolute atomic E-state index is 11.4. The van der Waals surface area contributed by atoms with Crippen molar-refractivity contribution in [1.29, 1.82) is 0 Å². The standard InChI is InChI=1S/C20H21NO2.C20H19NO2.C19H18BrNO.C19H19NO.C12H15NO2.C10H15BO2.C9H6BrNO.C9H7NO.2CH4.B.Na.H/c2*1-3-14-11-8-12-15(4-2)18(14)20-21-19(17(13-22)23-20)16-9-6-5-7-10-16;1-3-13-11-8-12-14(4-2)16(13)19-21-17(18(20)22-19)15-9-6-5-7-10-15;1-3-14-11-8-12-15(4-2)18(14)19-20-17(13-21-19)16-9-6-5-7-10-16;1-2-6-13-10(3-1)9-4-5-11-12(7-9)15-8-14-11;1-3-8-6-5-7-9(4-2)10(8)11(12)13;10-9-11-8(6-12-9)7-4-2-1-3-5-7;1-2-4-8(5-3-1)9-6-11-7-10-9;;;;;/h5-12,22H,3-4,13H2,1-2H3;5-13H,3-4H2,1-2H3;5-12H,3-4H2,1-2H3;5-13H,3-4H2,1-2H3;4-5,7,10,13H,1-3,6,8H2;5-7,12-13H,3-4H2,1-2H3;1-6H;1-7H;2*1H4;;;/q;;;;;;;;;;;+1;-1. The van der Waals surface area contributed by atoms with Crippen molar-refractivity contribution in [2.75, 3.05) is 13.3 Å². The van der Waals surface area contributed by atoms with Crippen LogP contribution in [0.5, 0.6) is 11.5 Å². The van der Waals surface area contributed by atoms with Crippen LogP contribution in [-0.2, 0) is 70.8 Å². The number of hydrogen-bond donors (Lipinski definition) is 4. The second kappa shape index (κ2) is 59.4. The first-order valence-corrected chi connectivity index (χ1v) is 49.7. The van der Waals surface area contributed by atoms with Crippen LogP contribution in [0.25, 0.3) is 113 Å². The van der Waals surface area contributed by atoms with Crippen molar-refractivity contribution in [2.24, 2.45) is 0 Å². The number of aliphatic hydroxyl groups excluding tert-OH is 1. The number of benzene rings is 12. The fourth-order valence-electron chi connectivity index (χ4n) is 16.9. The molecule has 2 aliphatic rings. The quantitative estimate of drug-likeness (QED) is 0.0323. The van der Waals surface area contributed by atoms with E-state index in [-0.39, 0.29) is 66.6 Å². The first-order chi connectivity index (χ1) is 68.6. The molecule has 19 nitrogen and oxygen atoms in total. The zero-order chi connectivity index (χ0) is 98.5. The number of aliphatic hydroxyl groups is 1. The molecule has 0 saturated carbocycles. The van der Waals surface area contributed by atoms with Crippen molar-refractivity contribution < 1.29 is 86.9 Å². The molecule has 0 amide bonds. The van der Waals surface area contributed by atoms with E-state index >= 15 is 0 Å². The Morgan fingerprint density at radius 2 is 0.764 bits per heavy atom. The normalized spacial score (nSPS) is 11.7. The predicted molar refractivity (Wildman–Crippen MR) is 588 cm³/mol. The second-order valence-corrected chi connectivity index (χ2v) is 34.3. The summed E-state index contributed by atoms with van der Waals surface area (Å²) in [6, 6.07) is 97.5. The van der Waals surface area contributed by atoms with Gasteiger partial charge in [-0.2, -0.15) is 0 Å². The molecule has 18 aromatic rings. The summed E-state index contributed by atoms with van der Waals surface area (Å²) in [5, 5.41) is 31.6. The minimum atomic E-state index is -1.34. The van der Waals surface area contributed by atoms with Gasteiger partial charge in [0.05, 0.1) is 0 Å². The Balaban J connectivity index is 0.000000204. The number of aromatic nitrogens is 6. The molecule has 0 spiro atoms. The minimum absolute atomic E-state index is 0. The zero-order valence-corrected chi connectivity index (χ0v) is 87.8. The molecule has 4 N–H and O–H groups in total. The molecule has 1 fully saturated rings. The van der Waals surface area contributed by atoms with Gasteiger partial charge in [-0.25, -0.2) is 29.9 Å². The third-order valence-corrected chi connectivity index (χ3v) is 25.1. The van der Waals surface area contributed by atoms with Gasteiger partial charge in [0.2, 0.25) is 30.4 Å². The number of aryl methyl sites for hydroxylation is 10. The third-order valence-electron chi connectivity index (χ3n) is 24.2. The van der Waals surface area contributed by atoms with Gasteiger partial charge < -0.3 is 57.9 Å². The average molecular weight is 2070 g/mol. The molecule has 2 aliphatic heterocycles. The summed E-state index contributed by atoms with van der Waals surface area (Å²) in [6.07, 6.45) is 20.2. The van der Waals surface area contributed by atoms with Crippen molar-refractivity contribution in [1.82, 2.24) is 35.2 Å². The molecule has 1 unspecified atom stereocenters. The smallest absolute Gasteiger partial charge is 1.00 e. The molecule has 0 aliphatic carbocycles. The van der Waals surface area contributed by atoms with Crippen LogP contribution in [0.15, 0.2) is 352 Å². The van der Waals surface area contributed by atoms with Gasteiger partial charge in [0.25, 0.3) is 4.80 Å². The zero-order valence-electron chi connectivity index (χ0n) is 83.6. The van der Waals surface area contributed by atoms with Gasteiger partial charge in [-0.1, -0.05) is 370 Å². The Bertz CT molecular complexity index is 6760. The molecule has 737 valence electrons. The van der Waals surface area contributed by atoms with E-state index in [1.807, 2.05) is 220 Å². The Hall–Kier alpha value is -12.9. The second-order valence-electron chi connectivity index (χ2n) is 32.9. The van der Waals surface area contributed by atoms with Gasteiger partial charge in [-0.05, 0) is 178 Å². The van der Waals surface area contributed by atoms with E-state index in [1.165, 1.54) is 75.7 Å². The summed E-state index contributed by atoms with van der Waals surface area (Å²) in [7, 11) is -1.34. The van der Waals surface area contributed by atoms with Gasteiger partial charge >= 0.3 is 36.7 Å². The largest absolute Gasteiger partial charge is 1.00 e. The van der Waals surface area contributed by atoms with Crippen LogP contribution in [-0.4, -0.2) is 80.2 Å². The maximum atomic E-state index is 11.4. The van der Waals surface area contributed by atoms with Gasteiger partial charge in [0.1, 0.15) is 59.6 Å². The van der Waals surface area contributed by atoms with Crippen LogP contribution in [0.2, 0.25) is 0 Å². The number of carbonyl (C=O) groups excluding carboxylic acids is 1. The van der Waals surface area contributed by atoms with E-state index < -0.39 is 7.12 Å². The number of fused-ring (bicyclic) bond motifs is 1. The molecule has 144 heavy (non-hydrogen) atoms. The van der Waals surface area contributed by atoms with Crippen LogP contribution in [0.4, 0.5) is 0 Å². The molecular weight excluding hydrogens is 1940 g/mol. The summed E-state index contributed by atoms with van der Waals surface area (Å²) in [5.74, 6) is 5.10. The van der Waals surface area contributed by atoms with Gasteiger partial charge in [-0.3, -0.25) is 4.79 Å². The van der Waals surface area contributed by atoms with Crippen LogP contribution >= 0.6 is 31.9 Å². The third kappa shape index (κ3) is 30.1. The Labute approximate surface area is 891 Å². The van der Waals surface area contributed by atoms with Crippen LogP contribution in [0.3, 0.4) is 0 Å². The van der Waals surface area contributed by atoms with Crippen molar-refractivity contribution in [3.8, 4) is 125 Å². The molecule has 8 heterocycles. The number of carbonyl (C=O) groups is 1. The average Bonchev–Trinajstić information content (AvgIpc) is 1.58. The monoisotopic (exact) mass is 2060 g/mol. The summed E-state index contributed by atoms with van der Waals surface area (Å²) >= 11 is 6.67. The van der Waals surface area contributed by atoms with Crippen molar-refractivity contribution in [3.63, 3.8) is 0 Å². The molecular formula is C120H129B2Br2N7NaO12. The number of hydrogen-bond acceptors (Lipinski definition) is 19. The molecule has 20 rings (SSSR count). The first-order valence-electron chi connectivity index (χ1n) is 48.1. The fourth-order valence-corrected chi connectivity index (χ4v) is 17.7. The van der Waals surface area contributed by atoms with E-state index in [0.717, 1.165) is 190 Å². The summed E-state index contributed by atoms with van der Waals surface area (Å²) in [4.78, 5) is 38.9. The first kappa shape index (κ1) is 115. The number of nitrogens with one attached hydrogen (secondary N) is 1. The van der Waals surface area contributed by atoms with Gasteiger partial charge in [-0.15, -0.1) is 0 Å². The van der Waals surface area contributed by atoms with E-state index in [9.17, 15) is 19.9 Å². The number of rotatable bonds is 24. The van der Waals surface area contributed by atoms with Gasteiger partial charge in [0.15, 0.2) is 40.4 Å². The topological polar surface area (TPSA) is 264 Å². The molecule has 12 aromatic carbocycles. The number of aldehydes is 1. The Kier molecular flexibility index (Phi) is 47.3. The molecule has 1 atom stereocenters. The molecule has 3 radical (unpaired) electrons. The molecule has 6 aromatic heterocycles. The number of halogens is 2. The van der Waals surface area contributed by atoms with Crippen LogP contribution in [0, 0.1) is 0 Å². The summed E-state index contributed by atoms with van der Waals surface area (Å²) in [5.41, 5.74) is 29.3. The Morgan fingerprint density at radius 1 is 0.396 bits per heavy atom. The van der Waals surface area contributed by atoms with Crippen molar-refractivity contribution in [3.05, 3.63) is 399 Å². The van der Waals surface area contributed by atoms with Gasteiger partial charge in [0, 0.05) is 86.0 Å². The van der Waals surface area contributed by atoms with Crippen molar-refractivity contribution in [2.45, 2.75) is 180 Å². The minimum Gasteiger partial charge on any atom is -1.00 e. The summed E-state index contributed by atoms with van der Waals surface area (Å²) in [6.45, 7) is 22.5. The fraction of sp³-hybridized carbons (Fsp3) is 0.242. The van der Waals surface area contributed by atoms with E-state index in [1.54, 1.807) is 18.8 Å².